The Balaban J connectivity index is 2.06. The predicted octanol–water partition coefficient (Wildman–Crippen LogP) is 3.91. The van der Waals surface area contributed by atoms with E-state index in [1.165, 1.54) is 5.56 Å². The molecule has 1 aromatic carbocycles. The number of hydrogen-bond donors (Lipinski definition) is 1. The summed E-state index contributed by atoms with van der Waals surface area (Å²) in [5.74, 6) is 0.682. The highest BCUT2D eigenvalue weighted by Gasteiger charge is 2.11. The topological polar surface area (TPSA) is 34.1 Å². The highest BCUT2D eigenvalue weighted by atomic mass is 16.5. The van der Waals surface area contributed by atoms with Crippen molar-refractivity contribution in [3.8, 4) is 5.88 Å². The van der Waals surface area contributed by atoms with E-state index in [0.29, 0.717) is 18.5 Å². The van der Waals surface area contributed by atoms with Gasteiger partial charge in [0.15, 0.2) is 0 Å². The van der Waals surface area contributed by atoms with Crippen LogP contribution in [0.5, 0.6) is 5.88 Å². The number of hydrogen-bond acceptors (Lipinski definition) is 3. The van der Waals surface area contributed by atoms with Crippen LogP contribution >= 0.6 is 0 Å². The number of rotatable bonds is 7. The molecule has 2 rings (SSSR count). The van der Waals surface area contributed by atoms with Gasteiger partial charge in [0.2, 0.25) is 5.88 Å². The average molecular weight is 270 g/mol. The van der Waals surface area contributed by atoms with Crippen molar-refractivity contribution in [1.82, 2.24) is 4.98 Å². The molecule has 0 radical (unpaired) electrons. The van der Waals surface area contributed by atoms with E-state index in [1.807, 2.05) is 25.1 Å². The lowest BCUT2D eigenvalue weighted by Crippen LogP contribution is -2.22. The molecule has 0 saturated heterocycles. The van der Waals surface area contributed by atoms with Crippen molar-refractivity contribution in [1.29, 1.82) is 0 Å². The van der Waals surface area contributed by atoms with Gasteiger partial charge in [-0.3, -0.25) is 0 Å². The summed E-state index contributed by atoms with van der Waals surface area (Å²) in [6, 6.07) is 14.9. The van der Waals surface area contributed by atoms with Crippen molar-refractivity contribution in [2.24, 2.45) is 0 Å². The van der Waals surface area contributed by atoms with Gasteiger partial charge in [0.25, 0.3) is 0 Å². The minimum absolute atomic E-state index is 0.376. The van der Waals surface area contributed by atoms with Gasteiger partial charge in [-0.1, -0.05) is 37.3 Å². The zero-order chi connectivity index (χ0) is 14.2. The van der Waals surface area contributed by atoms with Crippen LogP contribution in [0.1, 0.15) is 25.8 Å². The average Bonchev–Trinajstić information content (AvgIpc) is 2.50. The minimum Gasteiger partial charge on any atom is -0.476 e. The highest BCUT2D eigenvalue weighted by Crippen LogP contribution is 2.22. The van der Waals surface area contributed by atoms with E-state index in [4.69, 9.17) is 4.74 Å². The summed E-state index contributed by atoms with van der Waals surface area (Å²) in [5.41, 5.74) is 2.31. The molecule has 0 fully saturated rings. The monoisotopic (exact) mass is 270 g/mol. The van der Waals surface area contributed by atoms with Crippen molar-refractivity contribution in [3.63, 3.8) is 0 Å². The van der Waals surface area contributed by atoms with Gasteiger partial charge in [0.1, 0.15) is 0 Å². The molecule has 3 nitrogen and oxygen atoms in total. The molecule has 0 spiro atoms. The van der Waals surface area contributed by atoms with Gasteiger partial charge < -0.3 is 10.1 Å². The fourth-order valence-corrected chi connectivity index (χ4v) is 2.17. The maximum absolute atomic E-state index is 5.56. The first-order valence-electron chi connectivity index (χ1n) is 7.21. The van der Waals surface area contributed by atoms with Crippen LogP contribution in [0.3, 0.4) is 0 Å². The molecule has 1 N–H and O–H groups in total. The molecule has 0 aliphatic carbocycles. The third-order valence-electron chi connectivity index (χ3n) is 3.23. The Kier molecular flexibility index (Phi) is 5.42. The van der Waals surface area contributed by atoms with Crippen molar-refractivity contribution in [2.75, 3.05) is 11.9 Å². The Labute approximate surface area is 121 Å². The standard InChI is InChI=1S/C17H22N2O/c1-3-15(13-14-9-6-5-7-10-14)19-16-11-8-12-18-17(16)20-4-2/h5-12,15,19H,3-4,13H2,1-2H3. The van der Waals surface area contributed by atoms with Gasteiger partial charge in [-0.25, -0.2) is 4.98 Å². The number of ether oxygens (including phenoxy) is 1. The Morgan fingerprint density at radius 3 is 2.60 bits per heavy atom. The maximum Gasteiger partial charge on any atom is 0.237 e. The van der Waals surface area contributed by atoms with Crippen LogP contribution in [0.4, 0.5) is 5.69 Å². The van der Waals surface area contributed by atoms with Crippen LogP contribution < -0.4 is 10.1 Å². The first kappa shape index (κ1) is 14.4. The number of aromatic nitrogens is 1. The fourth-order valence-electron chi connectivity index (χ4n) is 2.17. The summed E-state index contributed by atoms with van der Waals surface area (Å²) >= 11 is 0. The van der Waals surface area contributed by atoms with Crippen LogP contribution in [0.2, 0.25) is 0 Å². The second-order valence-corrected chi connectivity index (χ2v) is 4.73. The third-order valence-corrected chi connectivity index (χ3v) is 3.23. The minimum atomic E-state index is 0.376. The number of pyridine rings is 1. The smallest absolute Gasteiger partial charge is 0.237 e. The molecule has 0 bridgehead atoms. The van der Waals surface area contributed by atoms with E-state index >= 15 is 0 Å². The van der Waals surface area contributed by atoms with E-state index in [2.05, 4.69) is 41.5 Å². The summed E-state index contributed by atoms with van der Waals surface area (Å²) in [7, 11) is 0. The molecule has 3 heteroatoms. The normalized spacial score (nSPS) is 11.9. The third kappa shape index (κ3) is 3.98. The molecule has 1 aromatic heterocycles. The van der Waals surface area contributed by atoms with Crippen LogP contribution in [0, 0.1) is 0 Å². The number of anilines is 1. The van der Waals surface area contributed by atoms with E-state index in [0.717, 1.165) is 18.5 Å². The van der Waals surface area contributed by atoms with Crippen molar-refractivity contribution in [2.45, 2.75) is 32.7 Å². The molecule has 0 amide bonds. The molecule has 0 aliphatic heterocycles. The summed E-state index contributed by atoms with van der Waals surface area (Å²) in [5, 5.41) is 3.54. The molecule has 20 heavy (non-hydrogen) atoms. The van der Waals surface area contributed by atoms with Crippen molar-refractivity contribution >= 4 is 5.69 Å². The van der Waals surface area contributed by atoms with Gasteiger partial charge in [0.05, 0.1) is 12.3 Å². The summed E-state index contributed by atoms with van der Waals surface area (Å²) in [6.07, 6.45) is 3.81. The van der Waals surface area contributed by atoms with Gasteiger partial charge in [0, 0.05) is 12.2 Å². The number of nitrogens with one attached hydrogen (secondary N) is 1. The maximum atomic E-state index is 5.56. The summed E-state index contributed by atoms with van der Waals surface area (Å²) in [4.78, 5) is 4.28. The van der Waals surface area contributed by atoms with E-state index in [9.17, 15) is 0 Å². The second kappa shape index (κ2) is 7.53. The lowest BCUT2D eigenvalue weighted by molar-refractivity contribution is 0.328. The Morgan fingerprint density at radius 2 is 1.90 bits per heavy atom. The fraction of sp³-hybridized carbons (Fsp3) is 0.353. The summed E-state index contributed by atoms with van der Waals surface area (Å²) in [6.45, 7) is 4.79. The molecule has 106 valence electrons. The molecular formula is C17H22N2O. The number of nitrogens with zero attached hydrogens (tertiary/aromatic N) is 1. The van der Waals surface area contributed by atoms with Gasteiger partial charge >= 0.3 is 0 Å². The van der Waals surface area contributed by atoms with E-state index < -0.39 is 0 Å². The van der Waals surface area contributed by atoms with Crippen LogP contribution in [0.15, 0.2) is 48.7 Å². The molecule has 0 saturated carbocycles. The molecule has 0 aliphatic rings. The molecule has 1 heterocycles. The zero-order valence-corrected chi connectivity index (χ0v) is 12.2. The molecule has 1 unspecified atom stereocenters. The van der Waals surface area contributed by atoms with Crippen LogP contribution in [-0.4, -0.2) is 17.6 Å². The second-order valence-electron chi connectivity index (χ2n) is 4.73. The molecule has 1 atom stereocenters. The lowest BCUT2D eigenvalue weighted by Gasteiger charge is -2.20. The molecular weight excluding hydrogens is 248 g/mol. The first-order chi connectivity index (χ1) is 9.83. The quantitative estimate of drug-likeness (QED) is 0.828. The van der Waals surface area contributed by atoms with Crippen molar-refractivity contribution in [3.05, 3.63) is 54.2 Å². The van der Waals surface area contributed by atoms with E-state index in [1.54, 1.807) is 6.20 Å². The first-order valence-corrected chi connectivity index (χ1v) is 7.21. The van der Waals surface area contributed by atoms with Gasteiger partial charge in [-0.2, -0.15) is 0 Å². The largest absolute Gasteiger partial charge is 0.476 e. The zero-order valence-electron chi connectivity index (χ0n) is 12.2. The summed E-state index contributed by atoms with van der Waals surface area (Å²) < 4.78 is 5.56. The van der Waals surface area contributed by atoms with E-state index in [-0.39, 0.29) is 0 Å². The van der Waals surface area contributed by atoms with Gasteiger partial charge in [-0.15, -0.1) is 0 Å². The predicted molar refractivity (Wildman–Crippen MR) is 83.3 cm³/mol. The van der Waals surface area contributed by atoms with Crippen LogP contribution in [0.25, 0.3) is 0 Å². The van der Waals surface area contributed by atoms with Crippen LogP contribution in [-0.2, 0) is 6.42 Å². The lowest BCUT2D eigenvalue weighted by atomic mass is 10.0. The van der Waals surface area contributed by atoms with Gasteiger partial charge in [-0.05, 0) is 37.5 Å². The Bertz CT molecular complexity index is 513. The number of benzene rings is 1. The van der Waals surface area contributed by atoms with Crippen molar-refractivity contribution < 1.29 is 4.74 Å². The highest BCUT2D eigenvalue weighted by molar-refractivity contribution is 5.52. The SMILES string of the molecule is CCOc1ncccc1NC(CC)Cc1ccccc1. The Morgan fingerprint density at radius 1 is 1.10 bits per heavy atom. The molecule has 2 aromatic rings. The Hall–Kier alpha value is -2.03.